The molecule has 1 N–H and O–H groups in total. The van der Waals surface area contributed by atoms with E-state index in [1.807, 2.05) is 6.92 Å². The summed E-state index contributed by atoms with van der Waals surface area (Å²) in [7, 11) is -7.32. The summed E-state index contributed by atoms with van der Waals surface area (Å²) < 4.78 is 54.5. The molecular formula is C18H21ClN2O4S2. The number of piperidine rings is 1. The van der Waals surface area contributed by atoms with Crippen LogP contribution in [0.1, 0.15) is 18.4 Å². The monoisotopic (exact) mass is 428 g/mol. The lowest BCUT2D eigenvalue weighted by Crippen LogP contribution is -2.46. The van der Waals surface area contributed by atoms with Gasteiger partial charge < -0.3 is 0 Å². The summed E-state index contributed by atoms with van der Waals surface area (Å²) in [6.45, 7) is 2.41. The molecule has 0 radical (unpaired) electrons. The lowest BCUT2D eigenvalue weighted by molar-refractivity contribution is 0.308. The standard InChI is InChI=1S/C18H21ClN2O4S2/c1-14-6-8-16(9-7-14)27(24,25)21-12-10-15(11-13-21)20-26(22,23)18-5-3-2-4-17(18)19/h2-9,15,20H,10-13H2,1H3. The van der Waals surface area contributed by atoms with Gasteiger partial charge in [-0.2, -0.15) is 4.31 Å². The van der Waals surface area contributed by atoms with E-state index in [4.69, 9.17) is 11.6 Å². The van der Waals surface area contributed by atoms with Gasteiger partial charge in [0.15, 0.2) is 0 Å². The molecule has 6 nitrogen and oxygen atoms in total. The number of nitrogens with one attached hydrogen (secondary N) is 1. The fraction of sp³-hybridized carbons (Fsp3) is 0.333. The Morgan fingerprint density at radius 1 is 0.963 bits per heavy atom. The molecule has 27 heavy (non-hydrogen) atoms. The van der Waals surface area contributed by atoms with E-state index in [0.717, 1.165) is 5.56 Å². The van der Waals surface area contributed by atoms with Gasteiger partial charge in [0.25, 0.3) is 0 Å². The molecule has 1 saturated heterocycles. The minimum absolute atomic E-state index is 0.0290. The number of benzene rings is 2. The molecule has 2 aromatic rings. The Morgan fingerprint density at radius 3 is 2.15 bits per heavy atom. The highest BCUT2D eigenvalue weighted by atomic mass is 35.5. The second-order valence-electron chi connectivity index (χ2n) is 6.54. The van der Waals surface area contributed by atoms with Gasteiger partial charge in [0.1, 0.15) is 4.90 Å². The van der Waals surface area contributed by atoms with Crippen LogP contribution in [0.2, 0.25) is 5.02 Å². The van der Waals surface area contributed by atoms with Crippen molar-refractivity contribution in [1.82, 2.24) is 9.03 Å². The van der Waals surface area contributed by atoms with Crippen molar-refractivity contribution >= 4 is 31.6 Å². The van der Waals surface area contributed by atoms with Crippen LogP contribution in [0.25, 0.3) is 0 Å². The zero-order valence-corrected chi connectivity index (χ0v) is 17.2. The Labute approximate surface area is 165 Å². The van der Waals surface area contributed by atoms with E-state index in [2.05, 4.69) is 4.72 Å². The highest BCUT2D eigenvalue weighted by molar-refractivity contribution is 7.89. The fourth-order valence-corrected chi connectivity index (χ4v) is 6.31. The van der Waals surface area contributed by atoms with Crippen LogP contribution >= 0.6 is 11.6 Å². The quantitative estimate of drug-likeness (QED) is 0.793. The fourth-order valence-electron chi connectivity index (χ4n) is 3.02. The maximum atomic E-state index is 12.7. The van der Waals surface area contributed by atoms with E-state index in [-0.39, 0.29) is 33.9 Å². The van der Waals surface area contributed by atoms with Crippen LogP contribution in [0, 0.1) is 6.92 Å². The lowest BCUT2D eigenvalue weighted by atomic mass is 10.1. The number of hydrogen-bond donors (Lipinski definition) is 1. The van der Waals surface area contributed by atoms with Gasteiger partial charge in [0.2, 0.25) is 20.0 Å². The van der Waals surface area contributed by atoms with Crippen molar-refractivity contribution in [3.63, 3.8) is 0 Å². The molecule has 0 aromatic heterocycles. The van der Waals surface area contributed by atoms with Gasteiger partial charge in [-0.1, -0.05) is 41.4 Å². The number of sulfonamides is 2. The molecule has 0 aliphatic carbocycles. The molecule has 0 bridgehead atoms. The number of rotatable bonds is 5. The first-order chi connectivity index (χ1) is 12.7. The van der Waals surface area contributed by atoms with Crippen molar-refractivity contribution in [3.8, 4) is 0 Å². The number of nitrogens with zero attached hydrogens (tertiary/aromatic N) is 1. The Morgan fingerprint density at radius 2 is 1.56 bits per heavy atom. The first-order valence-electron chi connectivity index (χ1n) is 8.54. The topological polar surface area (TPSA) is 83.6 Å². The molecule has 0 saturated carbocycles. The van der Waals surface area contributed by atoms with Crippen LogP contribution in [0.5, 0.6) is 0 Å². The number of aryl methyl sites for hydroxylation is 1. The first-order valence-corrected chi connectivity index (χ1v) is 11.8. The van der Waals surface area contributed by atoms with Gasteiger partial charge in [-0.05, 0) is 44.0 Å². The number of hydrogen-bond acceptors (Lipinski definition) is 4. The minimum atomic E-state index is -3.75. The van der Waals surface area contributed by atoms with Gasteiger partial charge in [-0.25, -0.2) is 21.6 Å². The summed E-state index contributed by atoms with van der Waals surface area (Å²) in [6.07, 6.45) is 0.795. The average Bonchev–Trinajstić information content (AvgIpc) is 2.62. The molecule has 2 aromatic carbocycles. The molecule has 9 heteroatoms. The Kier molecular flexibility index (Phi) is 5.93. The Hall–Kier alpha value is -1.45. The second-order valence-corrected chi connectivity index (χ2v) is 10.6. The molecule has 0 unspecified atom stereocenters. The highest BCUT2D eigenvalue weighted by Gasteiger charge is 2.31. The molecule has 3 rings (SSSR count). The molecule has 1 heterocycles. The van der Waals surface area contributed by atoms with E-state index in [1.165, 1.54) is 16.4 Å². The zero-order valence-electron chi connectivity index (χ0n) is 14.8. The van der Waals surface area contributed by atoms with Gasteiger partial charge in [0.05, 0.1) is 9.92 Å². The maximum Gasteiger partial charge on any atom is 0.243 e. The normalized spacial score (nSPS) is 17.1. The summed E-state index contributed by atoms with van der Waals surface area (Å²) in [6, 6.07) is 12.6. The summed E-state index contributed by atoms with van der Waals surface area (Å²) in [4.78, 5) is 0.282. The van der Waals surface area contributed by atoms with Crippen LogP contribution in [-0.4, -0.2) is 40.3 Å². The van der Waals surface area contributed by atoms with Crippen molar-refractivity contribution in [2.45, 2.75) is 35.6 Å². The summed E-state index contributed by atoms with van der Waals surface area (Å²) in [5.74, 6) is 0. The largest absolute Gasteiger partial charge is 0.243 e. The van der Waals surface area contributed by atoms with E-state index in [0.29, 0.717) is 12.8 Å². The van der Waals surface area contributed by atoms with Crippen molar-refractivity contribution in [2.75, 3.05) is 13.1 Å². The summed E-state index contributed by atoms with van der Waals surface area (Å²) in [5, 5.41) is 0.157. The average molecular weight is 429 g/mol. The third-order valence-electron chi connectivity index (χ3n) is 4.56. The lowest BCUT2D eigenvalue weighted by Gasteiger charge is -2.31. The zero-order chi connectivity index (χ0) is 19.7. The minimum Gasteiger partial charge on any atom is -0.208 e. The van der Waals surface area contributed by atoms with Gasteiger partial charge in [-0.15, -0.1) is 0 Å². The maximum absolute atomic E-state index is 12.7. The first kappa shape index (κ1) is 20.3. The van der Waals surface area contributed by atoms with Crippen LogP contribution in [0.15, 0.2) is 58.3 Å². The third-order valence-corrected chi connectivity index (χ3v) is 8.49. The SMILES string of the molecule is Cc1ccc(S(=O)(=O)N2CCC(NS(=O)(=O)c3ccccc3Cl)CC2)cc1. The summed E-state index contributed by atoms with van der Waals surface area (Å²) >= 11 is 5.98. The predicted molar refractivity (Wildman–Crippen MR) is 105 cm³/mol. The molecule has 1 aliphatic rings. The smallest absolute Gasteiger partial charge is 0.208 e. The molecular weight excluding hydrogens is 408 g/mol. The van der Waals surface area contributed by atoms with Gasteiger partial charge in [0, 0.05) is 19.1 Å². The number of halogens is 1. The van der Waals surface area contributed by atoms with Gasteiger partial charge >= 0.3 is 0 Å². The molecule has 1 fully saturated rings. The van der Waals surface area contributed by atoms with Gasteiger partial charge in [-0.3, -0.25) is 0 Å². The van der Waals surface area contributed by atoms with E-state index in [1.54, 1.807) is 36.4 Å². The second kappa shape index (κ2) is 7.89. The van der Waals surface area contributed by atoms with Crippen LogP contribution in [-0.2, 0) is 20.0 Å². The van der Waals surface area contributed by atoms with E-state index in [9.17, 15) is 16.8 Å². The summed E-state index contributed by atoms with van der Waals surface area (Å²) in [5.41, 5.74) is 0.988. The van der Waals surface area contributed by atoms with Crippen molar-refractivity contribution in [1.29, 1.82) is 0 Å². The molecule has 146 valence electrons. The van der Waals surface area contributed by atoms with Crippen molar-refractivity contribution in [3.05, 3.63) is 59.1 Å². The van der Waals surface area contributed by atoms with Crippen LogP contribution < -0.4 is 4.72 Å². The van der Waals surface area contributed by atoms with E-state index < -0.39 is 20.0 Å². The Bertz CT molecular complexity index is 1010. The van der Waals surface area contributed by atoms with Crippen molar-refractivity contribution in [2.24, 2.45) is 0 Å². The molecule has 0 atom stereocenters. The van der Waals surface area contributed by atoms with E-state index >= 15 is 0 Å². The Balaban J connectivity index is 1.67. The van der Waals surface area contributed by atoms with Crippen LogP contribution in [0.3, 0.4) is 0 Å². The molecule has 0 spiro atoms. The van der Waals surface area contributed by atoms with Crippen LogP contribution in [0.4, 0.5) is 0 Å². The molecule has 0 amide bonds. The third kappa shape index (κ3) is 4.52. The molecule has 1 aliphatic heterocycles. The highest BCUT2D eigenvalue weighted by Crippen LogP contribution is 2.24. The predicted octanol–water partition coefficient (Wildman–Crippen LogP) is 2.78. The van der Waals surface area contributed by atoms with Crippen molar-refractivity contribution < 1.29 is 16.8 Å².